The Labute approximate surface area is 177 Å². The molecule has 1 fully saturated rings. The summed E-state index contributed by atoms with van der Waals surface area (Å²) in [5.74, 6) is 0.124. The first-order valence-electron chi connectivity index (χ1n) is 10.4. The molecule has 0 spiro atoms. The van der Waals surface area contributed by atoms with Crippen molar-refractivity contribution in [2.24, 2.45) is 0 Å². The number of likely N-dealkylation sites (N-methyl/N-ethyl adjacent to an activating group) is 1. The van der Waals surface area contributed by atoms with Crippen molar-refractivity contribution in [3.8, 4) is 0 Å². The van der Waals surface area contributed by atoms with E-state index in [2.05, 4.69) is 34.3 Å². The number of furan rings is 1. The fraction of sp³-hybridized carbons (Fsp3) is 0.375. The molecule has 1 N–H and O–H groups in total. The number of nitrogens with zero attached hydrogens (tertiary/aromatic N) is 2. The van der Waals surface area contributed by atoms with Crippen LogP contribution in [-0.4, -0.2) is 62.6 Å². The maximum absolute atomic E-state index is 13.3. The van der Waals surface area contributed by atoms with E-state index in [0.29, 0.717) is 18.0 Å². The van der Waals surface area contributed by atoms with E-state index in [4.69, 9.17) is 9.15 Å². The Morgan fingerprint density at radius 2 is 1.77 bits per heavy atom. The fourth-order valence-electron chi connectivity index (χ4n) is 4.00. The van der Waals surface area contributed by atoms with Crippen LogP contribution in [0.1, 0.15) is 27.7 Å². The van der Waals surface area contributed by atoms with Crippen LogP contribution >= 0.6 is 0 Å². The quantitative estimate of drug-likeness (QED) is 0.651. The van der Waals surface area contributed by atoms with Crippen LogP contribution in [0.3, 0.4) is 0 Å². The third-order valence-electron chi connectivity index (χ3n) is 5.74. The summed E-state index contributed by atoms with van der Waals surface area (Å²) in [5.41, 5.74) is 2.58. The molecule has 4 rings (SSSR count). The highest BCUT2D eigenvalue weighted by Gasteiger charge is 2.25. The normalized spacial score (nSPS) is 16.6. The van der Waals surface area contributed by atoms with E-state index in [1.54, 1.807) is 7.11 Å². The van der Waals surface area contributed by atoms with Crippen LogP contribution < -0.4 is 5.32 Å². The number of carbonyl (C=O) groups excluding carboxylic acids is 1. The van der Waals surface area contributed by atoms with Gasteiger partial charge in [0, 0.05) is 50.8 Å². The zero-order chi connectivity index (χ0) is 20.9. The molecule has 6 heteroatoms. The highest BCUT2D eigenvalue weighted by atomic mass is 16.5. The topological polar surface area (TPSA) is 58.0 Å². The summed E-state index contributed by atoms with van der Waals surface area (Å²) in [6, 6.07) is 17.7. The number of carbonyl (C=O) groups is 1. The lowest BCUT2D eigenvalue weighted by molar-refractivity contribution is 0.0876. The molecule has 1 amide bonds. The van der Waals surface area contributed by atoms with Gasteiger partial charge in [0.15, 0.2) is 5.76 Å². The largest absolute Gasteiger partial charge is 0.451 e. The zero-order valence-electron chi connectivity index (χ0n) is 17.6. The lowest BCUT2D eigenvalue weighted by atomic mass is 10.0. The highest BCUT2D eigenvalue weighted by molar-refractivity contribution is 5.99. The van der Waals surface area contributed by atoms with Gasteiger partial charge in [0.2, 0.25) is 0 Å². The van der Waals surface area contributed by atoms with Crippen molar-refractivity contribution in [2.75, 3.05) is 46.9 Å². The summed E-state index contributed by atoms with van der Waals surface area (Å²) in [6.45, 7) is 5.16. The van der Waals surface area contributed by atoms with Gasteiger partial charge in [-0.15, -0.1) is 0 Å². The number of fused-ring (bicyclic) bond motifs is 1. The molecule has 0 aliphatic carbocycles. The van der Waals surface area contributed by atoms with E-state index in [1.165, 1.54) is 0 Å². The van der Waals surface area contributed by atoms with Crippen LogP contribution in [-0.2, 0) is 11.3 Å². The van der Waals surface area contributed by atoms with E-state index in [9.17, 15) is 4.79 Å². The second kappa shape index (κ2) is 9.43. The van der Waals surface area contributed by atoms with Gasteiger partial charge in [-0.1, -0.05) is 48.5 Å². The van der Waals surface area contributed by atoms with E-state index in [1.807, 2.05) is 42.5 Å². The summed E-state index contributed by atoms with van der Waals surface area (Å²) >= 11 is 0. The van der Waals surface area contributed by atoms with Gasteiger partial charge >= 0.3 is 0 Å². The molecule has 1 saturated heterocycles. The third-order valence-corrected chi connectivity index (χ3v) is 5.74. The Hall–Kier alpha value is -2.67. The Kier molecular flexibility index (Phi) is 6.47. The fourth-order valence-corrected chi connectivity index (χ4v) is 4.00. The van der Waals surface area contributed by atoms with E-state index in [0.717, 1.165) is 49.2 Å². The molecule has 0 bridgehead atoms. The van der Waals surface area contributed by atoms with Crippen molar-refractivity contribution in [1.82, 2.24) is 15.1 Å². The maximum atomic E-state index is 13.3. The molecule has 158 valence electrons. The Balaban J connectivity index is 1.59. The van der Waals surface area contributed by atoms with Gasteiger partial charge in [-0.3, -0.25) is 9.69 Å². The van der Waals surface area contributed by atoms with Crippen molar-refractivity contribution in [3.05, 3.63) is 71.5 Å². The minimum atomic E-state index is -0.207. The molecule has 6 nitrogen and oxygen atoms in total. The number of benzene rings is 2. The van der Waals surface area contributed by atoms with Gasteiger partial charge in [-0.05, 0) is 18.7 Å². The average Bonchev–Trinajstić information content (AvgIpc) is 3.14. The predicted molar refractivity (Wildman–Crippen MR) is 118 cm³/mol. The third kappa shape index (κ3) is 4.56. The van der Waals surface area contributed by atoms with Crippen LogP contribution in [0.4, 0.5) is 0 Å². The van der Waals surface area contributed by atoms with Gasteiger partial charge in [0.1, 0.15) is 5.58 Å². The van der Waals surface area contributed by atoms with Gasteiger partial charge in [0.05, 0.1) is 12.6 Å². The van der Waals surface area contributed by atoms with Crippen molar-refractivity contribution in [2.45, 2.75) is 12.6 Å². The Bertz CT molecular complexity index is 978. The number of amides is 1. The molecule has 0 saturated carbocycles. The molecule has 1 aliphatic rings. The maximum Gasteiger partial charge on any atom is 0.287 e. The summed E-state index contributed by atoms with van der Waals surface area (Å²) in [6.07, 6.45) is 0. The molecular weight excluding hydrogens is 378 g/mol. The first-order chi connectivity index (χ1) is 14.7. The minimum absolute atomic E-state index is 0.120. The molecule has 1 atom stereocenters. The van der Waals surface area contributed by atoms with Crippen LogP contribution in [0.15, 0.2) is 59.0 Å². The molecule has 30 heavy (non-hydrogen) atoms. The molecule has 0 radical (unpaired) electrons. The lowest BCUT2D eigenvalue weighted by Gasteiger charge is -2.35. The summed E-state index contributed by atoms with van der Waals surface area (Å²) < 4.78 is 11.3. The van der Waals surface area contributed by atoms with Crippen LogP contribution in [0.2, 0.25) is 0 Å². The number of hydrogen-bond donors (Lipinski definition) is 1. The number of piperazine rings is 1. The van der Waals surface area contributed by atoms with Crippen molar-refractivity contribution >= 4 is 16.9 Å². The monoisotopic (exact) mass is 407 g/mol. The number of rotatable bonds is 7. The summed E-state index contributed by atoms with van der Waals surface area (Å²) in [5, 5.41) is 4.14. The number of methoxy groups -OCH3 is 1. The number of nitrogens with one attached hydrogen (secondary N) is 1. The lowest BCUT2D eigenvalue weighted by Crippen LogP contribution is -2.47. The predicted octanol–water partition coefficient (Wildman–Crippen LogP) is 3.30. The molecule has 2 heterocycles. The van der Waals surface area contributed by atoms with Gasteiger partial charge < -0.3 is 19.4 Å². The van der Waals surface area contributed by atoms with Crippen molar-refractivity contribution < 1.29 is 13.9 Å². The number of hydrogen-bond acceptors (Lipinski definition) is 5. The van der Waals surface area contributed by atoms with E-state index >= 15 is 0 Å². The standard InChI is InChI=1S/C24H29N3O3/c1-26-12-14-27(15-13-26)16-21(18-8-4-3-5-9-18)25-24(28)23-20(17-29-2)19-10-6-7-11-22(19)30-23/h3-11,21H,12-17H2,1-2H3,(H,25,28). The van der Waals surface area contributed by atoms with E-state index < -0.39 is 0 Å². The zero-order valence-corrected chi connectivity index (χ0v) is 17.6. The van der Waals surface area contributed by atoms with Crippen molar-refractivity contribution in [3.63, 3.8) is 0 Å². The first-order valence-corrected chi connectivity index (χ1v) is 10.4. The summed E-state index contributed by atoms with van der Waals surface area (Å²) in [7, 11) is 3.77. The van der Waals surface area contributed by atoms with Crippen LogP contribution in [0, 0.1) is 0 Å². The SMILES string of the molecule is COCc1c(C(=O)NC(CN2CCN(C)CC2)c2ccccc2)oc2ccccc12. The first kappa shape index (κ1) is 20.6. The Morgan fingerprint density at radius 1 is 1.07 bits per heavy atom. The summed E-state index contributed by atoms with van der Waals surface area (Å²) in [4.78, 5) is 18.0. The molecule has 1 aromatic heterocycles. The minimum Gasteiger partial charge on any atom is -0.451 e. The van der Waals surface area contributed by atoms with Crippen LogP contribution in [0.5, 0.6) is 0 Å². The van der Waals surface area contributed by atoms with Crippen LogP contribution in [0.25, 0.3) is 11.0 Å². The van der Waals surface area contributed by atoms with E-state index in [-0.39, 0.29) is 11.9 Å². The van der Waals surface area contributed by atoms with Crippen molar-refractivity contribution in [1.29, 1.82) is 0 Å². The molecular formula is C24H29N3O3. The second-order valence-corrected chi connectivity index (χ2v) is 7.88. The highest BCUT2D eigenvalue weighted by Crippen LogP contribution is 2.27. The number of para-hydroxylation sites is 1. The second-order valence-electron chi connectivity index (χ2n) is 7.88. The Morgan fingerprint density at radius 3 is 2.50 bits per heavy atom. The van der Waals surface area contributed by atoms with Gasteiger partial charge in [-0.2, -0.15) is 0 Å². The molecule has 2 aromatic carbocycles. The molecule has 1 unspecified atom stereocenters. The number of ether oxygens (including phenoxy) is 1. The molecule has 1 aliphatic heterocycles. The average molecular weight is 408 g/mol. The molecule has 3 aromatic rings. The van der Waals surface area contributed by atoms with Gasteiger partial charge in [0.25, 0.3) is 5.91 Å². The smallest absolute Gasteiger partial charge is 0.287 e. The van der Waals surface area contributed by atoms with Gasteiger partial charge in [-0.25, -0.2) is 0 Å².